The summed E-state index contributed by atoms with van der Waals surface area (Å²) in [6.45, 7) is 0. The van der Waals surface area contributed by atoms with Crippen LogP contribution in [0.25, 0.3) is 106 Å². The second-order valence-electron chi connectivity index (χ2n) is 14.5. The molecule has 0 atom stereocenters. The molecule has 0 aliphatic carbocycles. The second-order valence-corrected chi connectivity index (χ2v) is 14.5. The lowest BCUT2D eigenvalue weighted by atomic mass is 10.1. The van der Waals surface area contributed by atoms with Crippen LogP contribution in [0.1, 0.15) is 0 Å². The predicted octanol–water partition coefficient (Wildman–Crippen LogP) is 12.5. The molecule has 12 aromatic rings. The van der Waals surface area contributed by atoms with Gasteiger partial charge in [0.25, 0.3) is 0 Å². The number of aromatic nitrogens is 6. The summed E-state index contributed by atoms with van der Waals surface area (Å²) < 4.78 is 7.00. The van der Waals surface area contributed by atoms with Crippen molar-refractivity contribution in [3.05, 3.63) is 194 Å². The van der Waals surface area contributed by atoms with Crippen LogP contribution < -0.4 is 0 Å². The number of nitrogens with zero attached hydrogens (tertiary/aromatic N) is 6. The van der Waals surface area contributed by atoms with Gasteiger partial charge in [-0.3, -0.25) is 4.57 Å². The zero-order valence-corrected chi connectivity index (χ0v) is 30.7. The molecule has 0 aliphatic heterocycles. The third-order valence-corrected chi connectivity index (χ3v) is 11.3. The molecule has 0 saturated heterocycles. The standard InChI is InChI=1S/C51H32N6/c1-3-16-33(17-4-1)49-52-50(54-51(53-49)57-45-28-13-7-22-37(45)38-23-8-14-29-46(38)57)34-18-15-21-36(32-34)56-44-27-12-10-25-40(44)42-31-30-41-39-24-9-11-26-43(39)55(47(41)48(42)56)35-19-5-2-6-20-35/h1-32H. The summed E-state index contributed by atoms with van der Waals surface area (Å²) in [5.41, 5.74) is 10.7. The first-order valence-electron chi connectivity index (χ1n) is 19.2. The van der Waals surface area contributed by atoms with Gasteiger partial charge in [-0.15, -0.1) is 0 Å². The van der Waals surface area contributed by atoms with Crippen molar-refractivity contribution >= 4 is 65.4 Å². The molecule has 4 aromatic heterocycles. The summed E-state index contributed by atoms with van der Waals surface area (Å²) in [6, 6.07) is 68.4. The summed E-state index contributed by atoms with van der Waals surface area (Å²) in [7, 11) is 0. The lowest BCUT2D eigenvalue weighted by molar-refractivity contribution is 0.953. The van der Waals surface area contributed by atoms with Crippen LogP contribution in [-0.2, 0) is 0 Å². The Morgan fingerprint density at radius 1 is 0.281 bits per heavy atom. The predicted molar refractivity (Wildman–Crippen MR) is 234 cm³/mol. The van der Waals surface area contributed by atoms with Crippen LogP contribution >= 0.6 is 0 Å². The molecule has 0 bridgehead atoms. The van der Waals surface area contributed by atoms with Gasteiger partial charge in [0.2, 0.25) is 5.95 Å². The first kappa shape index (κ1) is 31.5. The zero-order chi connectivity index (χ0) is 37.5. The van der Waals surface area contributed by atoms with Crippen LogP contribution in [-0.4, -0.2) is 28.7 Å². The molecule has 8 aromatic carbocycles. The van der Waals surface area contributed by atoms with E-state index >= 15 is 0 Å². The molecule has 266 valence electrons. The fourth-order valence-electron chi connectivity index (χ4n) is 8.85. The molecule has 6 heteroatoms. The fourth-order valence-corrected chi connectivity index (χ4v) is 8.85. The maximum atomic E-state index is 5.28. The van der Waals surface area contributed by atoms with E-state index in [1.54, 1.807) is 0 Å². The highest BCUT2D eigenvalue weighted by molar-refractivity contribution is 6.23. The van der Waals surface area contributed by atoms with Crippen molar-refractivity contribution < 1.29 is 0 Å². The first-order chi connectivity index (χ1) is 28.3. The van der Waals surface area contributed by atoms with Crippen LogP contribution in [0.2, 0.25) is 0 Å². The summed E-state index contributed by atoms with van der Waals surface area (Å²) >= 11 is 0. The Morgan fingerprint density at radius 3 is 1.25 bits per heavy atom. The molecule has 57 heavy (non-hydrogen) atoms. The van der Waals surface area contributed by atoms with Gasteiger partial charge in [-0.1, -0.05) is 146 Å². The normalized spacial score (nSPS) is 11.9. The van der Waals surface area contributed by atoms with Crippen molar-refractivity contribution in [2.75, 3.05) is 0 Å². The highest BCUT2D eigenvalue weighted by atomic mass is 15.2. The molecule has 0 fully saturated rings. The summed E-state index contributed by atoms with van der Waals surface area (Å²) in [5.74, 6) is 1.80. The smallest absolute Gasteiger partial charge is 0.238 e. The molecule has 0 aliphatic rings. The average molecular weight is 729 g/mol. The number of benzene rings is 8. The quantitative estimate of drug-likeness (QED) is 0.177. The highest BCUT2D eigenvalue weighted by Gasteiger charge is 2.22. The minimum atomic E-state index is 0.576. The molecular weight excluding hydrogens is 697 g/mol. The van der Waals surface area contributed by atoms with E-state index in [0.29, 0.717) is 17.6 Å². The highest BCUT2D eigenvalue weighted by Crippen LogP contribution is 2.42. The van der Waals surface area contributed by atoms with Gasteiger partial charge >= 0.3 is 0 Å². The van der Waals surface area contributed by atoms with E-state index in [-0.39, 0.29) is 0 Å². The molecule has 0 unspecified atom stereocenters. The summed E-state index contributed by atoms with van der Waals surface area (Å²) in [4.78, 5) is 15.6. The molecule has 0 amide bonds. The van der Waals surface area contributed by atoms with Crippen molar-refractivity contribution in [1.29, 1.82) is 0 Å². The Labute approximate surface area is 327 Å². The van der Waals surface area contributed by atoms with Crippen LogP contribution in [0.4, 0.5) is 0 Å². The lowest BCUT2D eigenvalue weighted by Gasteiger charge is -2.14. The maximum Gasteiger partial charge on any atom is 0.238 e. The average Bonchev–Trinajstić information content (AvgIpc) is 3.93. The van der Waals surface area contributed by atoms with E-state index in [2.05, 4.69) is 190 Å². The van der Waals surface area contributed by atoms with Gasteiger partial charge in [-0.05, 0) is 48.5 Å². The van der Waals surface area contributed by atoms with E-state index in [9.17, 15) is 0 Å². The monoisotopic (exact) mass is 728 g/mol. The van der Waals surface area contributed by atoms with Crippen molar-refractivity contribution in [3.63, 3.8) is 0 Å². The number of fused-ring (bicyclic) bond motifs is 10. The third kappa shape index (κ3) is 4.74. The Hall–Kier alpha value is -7.83. The Balaban J connectivity index is 1.14. The van der Waals surface area contributed by atoms with Gasteiger partial charge in [0.1, 0.15) is 0 Å². The second kappa shape index (κ2) is 12.3. The number of rotatable bonds is 5. The van der Waals surface area contributed by atoms with Crippen LogP contribution in [0, 0.1) is 0 Å². The third-order valence-electron chi connectivity index (χ3n) is 11.3. The molecule has 0 saturated carbocycles. The minimum Gasteiger partial charge on any atom is -0.307 e. The van der Waals surface area contributed by atoms with Gasteiger partial charge in [-0.2, -0.15) is 9.97 Å². The summed E-state index contributed by atoms with van der Waals surface area (Å²) in [6.07, 6.45) is 0. The molecule has 4 heterocycles. The van der Waals surface area contributed by atoms with Crippen molar-refractivity contribution in [2.45, 2.75) is 0 Å². The summed E-state index contributed by atoms with van der Waals surface area (Å²) in [5, 5.41) is 7.14. The minimum absolute atomic E-state index is 0.576. The van der Waals surface area contributed by atoms with Crippen molar-refractivity contribution in [3.8, 4) is 40.1 Å². The van der Waals surface area contributed by atoms with Gasteiger partial charge in [0.15, 0.2) is 11.6 Å². The molecule has 12 rings (SSSR count). The van der Waals surface area contributed by atoms with E-state index in [4.69, 9.17) is 15.0 Å². The van der Waals surface area contributed by atoms with E-state index in [1.807, 2.05) is 18.2 Å². The first-order valence-corrected chi connectivity index (χ1v) is 19.2. The van der Waals surface area contributed by atoms with E-state index in [0.717, 1.165) is 55.3 Å². The molecule has 0 spiro atoms. The molecular formula is C51H32N6. The van der Waals surface area contributed by atoms with Gasteiger partial charge in [-0.25, -0.2) is 4.98 Å². The van der Waals surface area contributed by atoms with Crippen LogP contribution in [0.5, 0.6) is 0 Å². The van der Waals surface area contributed by atoms with E-state index in [1.165, 1.54) is 32.6 Å². The Kier molecular flexibility index (Phi) is 6.83. The Bertz CT molecular complexity index is 3470. The molecule has 0 radical (unpaired) electrons. The largest absolute Gasteiger partial charge is 0.307 e. The maximum absolute atomic E-state index is 5.28. The van der Waals surface area contributed by atoms with Gasteiger partial charge in [0.05, 0.1) is 33.1 Å². The zero-order valence-electron chi connectivity index (χ0n) is 30.7. The number of hydrogen-bond donors (Lipinski definition) is 0. The topological polar surface area (TPSA) is 53.5 Å². The SMILES string of the molecule is c1ccc(-c2nc(-c3cccc(-n4c5ccccc5c5ccc6c7ccccc7n(-c7ccccc7)c6c54)c3)nc(-n3c4ccccc4c4ccccc43)n2)cc1. The molecule has 0 N–H and O–H groups in total. The lowest BCUT2D eigenvalue weighted by Crippen LogP contribution is -2.06. The fraction of sp³-hybridized carbons (Fsp3) is 0. The Morgan fingerprint density at radius 2 is 0.684 bits per heavy atom. The van der Waals surface area contributed by atoms with Crippen LogP contribution in [0.15, 0.2) is 194 Å². The van der Waals surface area contributed by atoms with Crippen LogP contribution in [0.3, 0.4) is 0 Å². The number of para-hydroxylation sites is 5. The van der Waals surface area contributed by atoms with Gasteiger partial charge < -0.3 is 9.13 Å². The van der Waals surface area contributed by atoms with Crippen molar-refractivity contribution in [1.82, 2.24) is 28.7 Å². The number of hydrogen-bond acceptors (Lipinski definition) is 3. The van der Waals surface area contributed by atoms with Gasteiger partial charge in [0, 0.05) is 54.8 Å². The molecule has 6 nitrogen and oxygen atoms in total. The van der Waals surface area contributed by atoms with E-state index < -0.39 is 0 Å². The van der Waals surface area contributed by atoms with Crippen molar-refractivity contribution in [2.24, 2.45) is 0 Å².